The second kappa shape index (κ2) is 7.01. The van der Waals surface area contributed by atoms with Gasteiger partial charge in [0.15, 0.2) is 0 Å². The molecule has 4 rings (SSSR count). The fourth-order valence-corrected chi connectivity index (χ4v) is 4.16. The van der Waals surface area contributed by atoms with Gasteiger partial charge in [0, 0.05) is 25.6 Å². The molecule has 130 valence electrons. The zero-order chi connectivity index (χ0) is 17.2. The van der Waals surface area contributed by atoms with E-state index in [1.165, 1.54) is 27.8 Å². The number of nitrogens with two attached hydrogens (primary N) is 1. The van der Waals surface area contributed by atoms with E-state index in [4.69, 9.17) is 5.73 Å². The number of piperidine rings is 1. The molecule has 3 nitrogen and oxygen atoms in total. The lowest BCUT2D eigenvalue weighted by atomic mass is 9.99. The van der Waals surface area contributed by atoms with Crippen molar-refractivity contribution >= 4 is 5.91 Å². The Morgan fingerprint density at radius 1 is 1.12 bits per heavy atom. The van der Waals surface area contributed by atoms with E-state index < -0.39 is 0 Å². The molecule has 1 amide bonds. The van der Waals surface area contributed by atoms with E-state index in [0.29, 0.717) is 6.42 Å². The van der Waals surface area contributed by atoms with Gasteiger partial charge in [-0.1, -0.05) is 42.5 Å². The van der Waals surface area contributed by atoms with Crippen molar-refractivity contribution in [2.24, 2.45) is 5.73 Å². The lowest BCUT2D eigenvalue weighted by molar-refractivity contribution is -0.132. The van der Waals surface area contributed by atoms with Gasteiger partial charge in [0.05, 0.1) is 0 Å². The Hall–Kier alpha value is -2.13. The number of rotatable bonds is 4. The molecule has 2 aromatic carbocycles. The molecule has 0 bridgehead atoms. The van der Waals surface area contributed by atoms with Crippen LogP contribution in [0.4, 0.5) is 0 Å². The van der Waals surface area contributed by atoms with Gasteiger partial charge in [-0.2, -0.15) is 0 Å². The summed E-state index contributed by atoms with van der Waals surface area (Å²) in [5.41, 5.74) is 12.9. The Kier molecular flexibility index (Phi) is 4.58. The van der Waals surface area contributed by atoms with Crippen LogP contribution in [0.15, 0.2) is 42.5 Å². The molecule has 1 heterocycles. The molecule has 25 heavy (non-hydrogen) atoms. The lowest BCUT2D eigenvalue weighted by Gasteiger charge is -2.30. The van der Waals surface area contributed by atoms with Crippen molar-refractivity contribution in [1.82, 2.24) is 4.90 Å². The number of carbonyl (C=O) groups is 1. The third-order valence-electron chi connectivity index (χ3n) is 5.53. The molecule has 3 heteroatoms. The summed E-state index contributed by atoms with van der Waals surface area (Å²) < 4.78 is 0. The van der Waals surface area contributed by atoms with Crippen LogP contribution < -0.4 is 5.73 Å². The van der Waals surface area contributed by atoms with Crippen molar-refractivity contribution in [2.75, 3.05) is 13.1 Å². The average molecular weight is 334 g/mol. The number of aryl methyl sites for hydroxylation is 1. The minimum absolute atomic E-state index is 0.162. The van der Waals surface area contributed by atoms with Gasteiger partial charge in [0.25, 0.3) is 0 Å². The first kappa shape index (κ1) is 16.3. The van der Waals surface area contributed by atoms with Gasteiger partial charge in [-0.05, 0) is 59.9 Å². The summed E-state index contributed by atoms with van der Waals surface area (Å²) in [5, 5.41) is 0. The first-order chi connectivity index (χ1) is 12.2. The van der Waals surface area contributed by atoms with Crippen LogP contribution in [-0.2, 0) is 17.6 Å². The minimum Gasteiger partial charge on any atom is -0.341 e. The highest BCUT2D eigenvalue weighted by molar-refractivity contribution is 5.77. The summed E-state index contributed by atoms with van der Waals surface area (Å²) >= 11 is 0. The fourth-order valence-electron chi connectivity index (χ4n) is 4.16. The molecule has 1 aliphatic heterocycles. The largest absolute Gasteiger partial charge is 0.341 e. The second-order valence-electron chi connectivity index (χ2n) is 7.42. The SMILES string of the molecule is NC1CCCN(C(=O)CCCc2ccc3c(c2)-c2ccccc2C3)C1. The molecule has 1 fully saturated rings. The van der Waals surface area contributed by atoms with Gasteiger partial charge in [-0.15, -0.1) is 0 Å². The van der Waals surface area contributed by atoms with Crippen LogP contribution >= 0.6 is 0 Å². The van der Waals surface area contributed by atoms with E-state index in [9.17, 15) is 4.79 Å². The van der Waals surface area contributed by atoms with Crippen LogP contribution in [0.2, 0.25) is 0 Å². The maximum atomic E-state index is 12.4. The number of nitrogens with zero attached hydrogens (tertiary/aromatic N) is 1. The zero-order valence-electron chi connectivity index (χ0n) is 14.7. The normalized spacial score (nSPS) is 18.8. The molecular weight excluding hydrogens is 308 g/mol. The maximum absolute atomic E-state index is 12.4. The van der Waals surface area contributed by atoms with E-state index in [1.807, 2.05) is 4.90 Å². The summed E-state index contributed by atoms with van der Waals surface area (Å²) in [6.45, 7) is 1.61. The summed E-state index contributed by atoms with van der Waals surface area (Å²) in [6, 6.07) is 15.6. The van der Waals surface area contributed by atoms with Crippen LogP contribution in [0.5, 0.6) is 0 Å². The van der Waals surface area contributed by atoms with Gasteiger partial charge in [-0.25, -0.2) is 0 Å². The van der Waals surface area contributed by atoms with Crippen molar-refractivity contribution in [2.45, 2.75) is 44.6 Å². The third kappa shape index (κ3) is 3.47. The quantitative estimate of drug-likeness (QED) is 0.793. The summed E-state index contributed by atoms with van der Waals surface area (Å²) in [5.74, 6) is 0.265. The summed E-state index contributed by atoms with van der Waals surface area (Å²) in [4.78, 5) is 14.3. The van der Waals surface area contributed by atoms with E-state index in [-0.39, 0.29) is 11.9 Å². The molecule has 1 atom stereocenters. The molecule has 0 aromatic heterocycles. The molecule has 0 saturated carbocycles. The Bertz CT molecular complexity index is 783. The zero-order valence-corrected chi connectivity index (χ0v) is 14.7. The van der Waals surface area contributed by atoms with E-state index >= 15 is 0 Å². The molecule has 2 aliphatic rings. The standard InChI is InChI=1S/C22H26N2O/c23-19-7-4-12-24(15-19)22(25)9-3-5-16-10-11-18-14-17-6-1-2-8-20(17)21(18)13-16/h1-2,6,8,10-11,13,19H,3-5,7,9,12,14-15,23H2. The third-order valence-corrected chi connectivity index (χ3v) is 5.53. The van der Waals surface area contributed by atoms with Gasteiger partial charge in [0.2, 0.25) is 5.91 Å². The predicted octanol–water partition coefficient (Wildman–Crippen LogP) is 3.53. The highest BCUT2D eigenvalue weighted by Gasteiger charge is 2.21. The van der Waals surface area contributed by atoms with Crippen LogP contribution in [-0.4, -0.2) is 29.9 Å². The molecule has 0 spiro atoms. The number of amides is 1. The van der Waals surface area contributed by atoms with Crippen LogP contribution in [0.3, 0.4) is 0 Å². The molecular formula is C22H26N2O. The molecule has 1 saturated heterocycles. The Morgan fingerprint density at radius 2 is 1.96 bits per heavy atom. The van der Waals surface area contributed by atoms with Gasteiger partial charge >= 0.3 is 0 Å². The summed E-state index contributed by atoms with van der Waals surface area (Å²) in [7, 11) is 0. The molecule has 1 aliphatic carbocycles. The first-order valence-electron chi connectivity index (χ1n) is 9.44. The Morgan fingerprint density at radius 3 is 2.84 bits per heavy atom. The molecule has 1 unspecified atom stereocenters. The molecule has 2 aromatic rings. The van der Waals surface area contributed by atoms with Crippen molar-refractivity contribution in [3.8, 4) is 11.1 Å². The van der Waals surface area contributed by atoms with E-state index in [2.05, 4.69) is 42.5 Å². The van der Waals surface area contributed by atoms with Gasteiger partial charge < -0.3 is 10.6 Å². The molecule has 0 radical (unpaired) electrons. The van der Waals surface area contributed by atoms with Crippen molar-refractivity contribution in [1.29, 1.82) is 0 Å². The Labute approximate surface area is 149 Å². The average Bonchev–Trinajstić information content (AvgIpc) is 3.00. The predicted molar refractivity (Wildman–Crippen MR) is 101 cm³/mol. The highest BCUT2D eigenvalue weighted by Crippen LogP contribution is 2.37. The Balaban J connectivity index is 1.36. The molecule has 2 N–H and O–H groups in total. The van der Waals surface area contributed by atoms with E-state index in [1.54, 1.807) is 0 Å². The van der Waals surface area contributed by atoms with Crippen LogP contribution in [0.1, 0.15) is 42.4 Å². The van der Waals surface area contributed by atoms with Crippen molar-refractivity contribution in [3.63, 3.8) is 0 Å². The number of fused-ring (bicyclic) bond motifs is 3. The highest BCUT2D eigenvalue weighted by atomic mass is 16.2. The van der Waals surface area contributed by atoms with Crippen molar-refractivity contribution in [3.05, 3.63) is 59.2 Å². The number of likely N-dealkylation sites (tertiary alicyclic amines) is 1. The fraction of sp³-hybridized carbons (Fsp3) is 0.409. The second-order valence-corrected chi connectivity index (χ2v) is 7.42. The van der Waals surface area contributed by atoms with E-state index in [0.717, 1.165) is 45.2 Å². The lowest BCUT2D eigenvalue weighted by Crippen LogP contribution is -2.45. The smallest absolute Gasteiger partial charge is 0.222 e. The minimum atomic E-state index is 0.162. The number of carbonyl (C=O) groups excluding carboxylic acids is 1. The van der Waals surface area contributed by atoms with Gasteiger partial charge in [0.1, 0.15) is 0 Å². The van der Waals surface area contributed by atoms with Crippen LogP contribution in [0.25, 0.3) is 11.1 Å². The first-order valence-corrected chi connectivity index (χ1v) is 9.44. The number of hydrogen-bond acceptors (Lipinski definition) is 2. The van der Waals surface area contributed by atoms with Crippen molar-refractivity contribution < 1.29 is 4.79 Å². The monoisotopic (exact) mass is 334 g/mol. The topological polar surface area (TPSA) is 46.3 Å². The summed E-state index contributed by atoms with van der Waals surface area (Å²) in [6.07, 6.45) is 5.61. The number of hydrogen-bond donors (Lipinski definition) is 1. The van der Waals surface area contributed by atoms with Crippen LogP contribution in [0, 0.1) is 0 Å². The number of benzene rings is 2. The van der Waals surface area contributed by atoms with Gasteiger partial charge in [-0.3, -0.25) is 4.79 Å². The maximum Gasteiger partial charge on any atom is 0.222 e.